The molecule has 0 spiro atoms. The number of carbonyl (C=O) groups excluding carboxylic acids is 1. The first-order valence-electron chi connectivity index (χ1n) is 11.9. The molecule has 190 valence electrons. The topological polar surface area (TPSA) is 85.2 Å². The molecule has 2 heterocycles. The quantitative estimate of drug-likeness (QED) is 0.336. The Morgan fingerprint density at radius 3 is 2.49 bits per heavy atom. The smallest absolute Gasteiger partial charge is 0.344 e. The number of benzene rings is 3. The number of hydrogen-bond acceptors (Lipinski definition) is 7. The fraction of sp³-hybridized carbons (Fsp3) is 0.241. The zero-order valence-electron chi connectivity index (χ0n) is 21.1. The highest BCUT2D eigenvalue weighted by atomic mass is 16.7. The van der Waals surface area contributed by atoms with Gasteiger partial charge in [-0.15, -0.1) is 0 Å². The molecular formula is C29H27NO7. The van der Waals surface area contributed by atoms with Gasteiger partial charge in [-0.25, -0.2) is 4.79 Å². The maximum atomic E-state index is 14.1. The third-order valence-electron chi connectivity index (χ3n) is 6.61. The fourth-order valence-electron chi connectivity index (χ4n) is 4.70. The molecule has 1 aliphatic rings. The van der Waals surface area contributed by atoms with Crippen molar-refractivity contribution in [2.75, 3.05) is 28.1 Å². The zero-order chi connectivity index (χ0) is 26.1. The van der Waals surface area contributed by atoms with Crippen LogP contribution in [0.1, 0.15) is 28.4 Å². The third-order valence-corrected chi connectivity index (χ3v) is 6.61. The molecule has 0 unspecified atom stereocenters. The highest BCUT2D eigenvalue weighted by Gasteiger charge is 2.26. The summed E-state index contributed by atoms with van der Waals surface area (Å²) in [5.41, 5.74) is 3.10. The molecule has 3 aromatic carbocycles. The number of aryl methyl sites for hydroxylation is 1. The van der Waals surface area contributed by atoms with E-state index in [9.17, 15) is 9.59 Å². The minimum atomic E-state index is -0.715. The number of carbonyl (C=O) groups is 1. The maximum Gasteiger partial charge on any atom is 0.344 e. The van der Waals surface area contributed by atoms with Gasteiger partial charge in [-0.1, -0.05) is 19.1 Å². The largest absolute Gasteiger partial charge is 0.497 e. The Labute approximate surface area is 213 Å². The fourth-order valence-corrected chi connectivity index (χ4v) is 4.70. The molecule has 0 N–H and O–H groups in total. The van der Waals surface area contributed by atoms with Crippen LogP contribution in [0.4, 0.5) is 0 Å². The predicted molar refractivity (Wildman–Crippen MR) is 139 cm³/mol. The maximum absolute atomic E-state index is 14.1. The van der Waals surface area contributed by atoms with Crippen LogP contribution in [0.5, 0.6) is 23.0 Å². The Kier molecular flexibility index (Phi) is 6.48. The van der Waals surface area contributed by atoms with Gasteiger partial charge in [0, 0.05) is 16.5 Å². The third kappa shape index (κ3) is 4.24. The lowest BCUT2D eigenvalue weighted by molar-refractivity contribution is 0.0599. The van der Waals surface area contributed by atoms with Gasteiger partial charge in [0.15, 0.2) is 11.5 Å². The van der Waals surface area contributed by atoms with E-state index in [0.29, 0.717) is 39.6 Å². The second kappa shape index (κ2) is 9.89. The molecule has 8 nitrogen and oxygen atoms in total. The molecule has 0 bridgehead atoms. The van der Waals surface area contributed by atoms with Crippen LogP contribution in [-0.2, 0) is 17.7 Å². The van der Waals surface area contributed by atoms with Gasteiger partial charge in [-0.2, -0.15) is 0 Å². The molecule has 0 amide bonds. The molecule has 0 fully saturated rings. The Morgan fingerprint density at radius 1 is 0.946 bits per heavy atom. The van der Waals surface area contributed by atoms with Crippen molar-refractivity contribution in [1.82, 2.24) is 4.57 Å². The van der Waals surface area contributed by atoms with Gasteiger partial charge in [0.25, 0.3) is 5.56 Å². The second-order valence-electron chi connectivity index (χ2n) is 8.58. The van der Waals surface area contributed by atoms with Gasteiger partial charge in [0.2, 0.25) is 6.79 Å². The molecule has 8 heteroatoms. The zero-order valence-corrected chi connectivity index (χ0v) is 21.1. The molecule has 37 heavy (non-hydrogen) atoms. The van der Waals surface area contributed by atoms with Crippen molar-refractivity contribution in [2.45, 2.75) is 19.9 Å². The van der Waals surface area contributed by atoms with Crippen LogP contribution in [0.3, 0.4) is 0 Å². The van der Waals surface area contributed by atoms with Crippen molar-refractivity contribution in [3.8, 4) is 34.1 Å². The Bertz CT molecular complexity index is 1570. The average molecular weight is 502 g/mol. The first kappa shape index (κ1) is 24.2. The molecule has 0 saturated heterocycles. The van der Waals surface area contributed by atoms with E-state index in [1.165, 1.54) is 7.11 Å². The molecule has 4 aromatic rings. The number of aromatic nitrogens is 1. The first-order valence-corrected chi connectivity index (χ1v) is 11.9. The normalized spacial score (nSPS) is 12.0. The van der Waals surface area contributed by atoms with Gasteiger partial charge in [0.05, 0.1) is 33.4 Å². The van der Waals surface area contributed by atoms with E-state index in [1.54, 1.807) is 43.1 Å². The van der Waals surface area contributed by atoms with E-state index < -0.39 is 11.5 Å². The van der Waals surface area contributed by atoms with E-state index in [-0.39, 0.29) is 18.9 Å². The van der Waals surface area contributed by atoms with Crippen LogP contribution in [0.15, 0.2) is 59.4 Å². The molecular weight excluding hydrogens is 474 g/mol. The SMILES string of the molecule is CCc1ccc2c(c1)c(-c1ccc3c(c1)OCO3)c(C(=O)OC)c(=O)n2Cc1cc(OC)ccc1OC. The van der Waals surface area contributed by atoms with Crippen LogP contribution in [-0.4, -0.2) is 38.7 Å². The minimum Gasteiger partial charge on any atom is -0.497 e. The van der Waals surface area contributed by atoms with Crippen LogP contribution < -0.4 is 24.5 Å². The predicted octanol–water partition coefficient (Wildman–Crippen LogP) is 4.81. The van der Waals surface area contributed by atoms with Crippen molar-refractivity contribution in [2.24, 2.45) is 0 Å². The summed E-state index contributed by atoms with van der Waals surface area (Å²) in [6, 6.07) is 16.7. The summed E-state index contributed by atoms with van der Waals surface area (Å²) < 4.78 is 28.7. The van der Waals surface area contributed by atoms with E-state index in [0.717, 1.165) is 22.9 Å². The highest BCUT2D eigenvalue weighted by Crippen LogP contribution is 2.39. The number of hydrogen-bond donors (Lipinski definition) is 0. The number of methoxy groups -OCH3 is 3. The van der Waals surface area contributed by atoms with Crippen LogP contribution >= 0.6 is 0 Å². The molecule has 0 atom stereocenters. The highest BCUT2D eigenvalue weighted by molar-refractivity contribution is 6.07. The lowest BCUT2D eigenvalue weighted by Gasteiger charge is -2.19. The van der Waals surface area contributed by atoms with Crippen LogP contribution in [0.2, 0.25) is 0 Å². The van der Waals surface area contributed by atoms with Gasteiger partial charge >= 0.3 is 5.97 Å². The molecule has 1 aromatic heterocycles. The van der Waals surface area contributed by atoms with Crippen LogP contribution in [0, 0.1) is 0 Å². The minimum absolute atomic E-state index is 0.0519. The number of ether oxygens (including phenoxy) is 5. The van der Waals surface area contributed by atoms with Gasteiger partial charge in [-0.05, 0) is 60.0 Å². The number of rotatable bonds is 7. The number of esters is 1. The van der Waals surface area contributed by atoms with Crippen molar-refractivity contribution >= 4 is 16.9 Å². The number of pyridine rings is 1. The second-order valence-corrected chi connectivity index (χ2v) is 8.58. The molecule has 0 saturated carbocycles. The summed E-state index contributed by atoms with van der Waals surface area (Å²) >= 11 is 0. The van der Waals surface area contributed by atoms with E-state index in [4.69, 9.17) is 23.7 Å². The summed E-state index contributed by atoms with van der Waals surface area (Å²) in [6.07, 6.45) is 0.785. The van der Waals surface area contributed by atoms with Crippen molar-refractivity contribution in [3.63, 3.8) is 0 Å². The van der Waals surface area contributed by atoms with Crippen LogP contribution in [0.25, 0.3) is 22.0 Å². The number of nitrogens with zero attached hydrogens (tertiary/aromatic N) is 1. The van der Waals surface area contributed by atoms with Crippen molar-refractivity contribution in [3.05, 3.63) is 81.6 Å². The summed E-state index contributed by atoms with van der Waals surface area (Å²) in [6.45, 7) is 2.33. The van der Waals surface area contributed by atoms with Gasteiger partial charge in [0.1, 0.15) is 17.1 Å². The average Bonchev–Trinajstić information content (AvgIpc) is 3.41. The monoisotopic (exact) mass is 501 g/mol. The van der Waals surface area contributed by atoms with Crippen molar-refractivity contribution < 1.29 is 28.5 Å². The van der Waals surface area contributed by atoms with Gasteiger partial charge < -0.3 is 28.3 Å². The van der Waals surface area contributed by atoms with E-state index >= 15 is 0 Å². The van der Waals surface area contributed by atoms with Gasteiger partial charge in [-0.3, -0.25) is 4.79 Å². The molecule has 5 rings (SSSR count). The molecule has 1 aliphatic heterocycles. The Hall–Kier alpha value is -4.46. The Morgan fingerprint density at radius 2 is 1.76 bits per heavy atom. The molecule has 0 aliphatic carbocycles. The summed E-state index contributed by atoms with van der Waals surface area (Å²) in [5, 5.41) is 0.750. The number of fused-ring (bicyclic) bond motifs is 2. The molecule has 0 radical (unpaired) electrons. The standard InChI is InChI=1S/C29H27NO7/c1-5-17-6-9-22-21(12-17)26(18-7-10-24-25(14-18)37-16-36-24)27(29(32)35-4)28(31)30(22)15-19-13-20(33-2)8-11-23(19)34-3/h6-14H,5,15-16H2,1-4H3. The summed E-state index contributed by atoms with van der Waals surface area (Å²) in [5.74, 6) is 1.68. The van der Waals surface area contributed by atoms with Crippen molar-refractivity contribution in [1.29, 1.82) is 0 Å². The lowest BCUT2D eigenvalue weighted by atomic mass is 9.93. The Balaban J connectivity index is 1.84. The summed E-state index contributed by atoms with van der Waals surface area (Å²) in [4.78, 5) is 27.2. The summed E-state index contributed by atoms with van der Waals surface area (Å²) in [7, 11) is 4.42. The van der Waals surface area contributed by atoms with E-state index in [1.807, 2.05) is 30.3 Å². The van der Waals surface area contributed by atoms with E-state index in [2.05, 4.69) is 6.92 Å². The first-order chi connectivity index (χ1) is 18.0. The lowest BCUT2D eigenvalue weighted by Crippen LogP contribution is -2.29.